The Morgan fingerprint density at radius 3 is 2.46 bits per heavy atom. The van der Waals surface area contributed by atoms with Crippen molar-refractivity contribution in [3.8, 4) is 0 Å². The van der Waals surface area contributed by atoms with Gasteiger partial charge in [0.15, 0.2) is 6.10 Å². The summed E-state index contributed by atoms with van der Waals surface area (Å²) in [6, 6.07) is 13.7. The standard InChI is InChI=1S/C20H21ClFNO3/c1-3-14(15-8-5-4-6-9-15)12-23-19(24)13(2)26-20(25)18-16(21)10-7-11-17(18)22/h4-11,13-14H,3,12H2,1-2H3,(H,23,24)/t13-,14-/m1/s1. The Hall–Kier alpha value is -2.40. The van der Waals surface area contributed by atoms with Crippen molar-refractivity contribution in [3.63, 3.8) is 0 Å². The van der Waals surface area contributed by atoms with E-state index in [1.165, 1.54) is 19.1 Å². The fourth-order valence-corrected chi connectivity index (χ4v) is 2.80. The minimum Gasteiger partial charge on any atom is -0.449 e. The third kappa shape index (κ3) is 5.05. The zero-order chi connectivity index (χ0) is 19.1. The van der Waals surface area contributed by atoms with Crippen molar-refractivity contribution >= 4 is 23.5 Å². The molecule has 2 aromatic rings. The average Bonchev–Trinajstić information content (AvgIpc) is 2.62. The lowest BCUT2D eigenvalue weighted by Gasteiger charge is -2.19. The van der Waals surface area contributed by atoms with Crippen LogP contribution in [0.15, 0.2) is 48.5 Å². The summed E-state index contributed by atoms with van der Waals surface area (Å²) in [6.45, 7) is 3.89. The van der Waals surface area contributed by atoms with Crippen molar-refractivity contribution < 1.29 is 18.7 Å². The Labute approximate surface area is 157 Å². The molecule has 2 atom stereocenters. The summed E-state index contributed by atoms with van der Waals surface area (Å²) in [5.74, 6) is -2.04. The summed E-state index contributed by atoms with van der Waals surface area (Å²) in [6.07, 6.45) is -0.213. The van der Waals surface area contributed by atoms with Crippen molar-refractivity contribution in [2.45, 2.75) is 32.3 Å². The molecule has 0 radical (unpaired) electrons. The summed E-state index contributed by atoms with van der Waals surface area (Å²) < 4.78 is 18.8. The molecule has 4 nitrogen and oxygen atoms in total. The fraction of sp³-hybridized carbons (Fsp3) is 0.300. The monoisotopic (exact) mass is 377 g/mol. The number of carbonyl (C=O) groups is 2. The first kappa shape index (κ1) is 19.9. The van der Waals surface area contributed by atoms with Gasteiger partial charge >= 0.3 is 5.97 Å². The van der Waals surface area contributed by atoms with Crippen molar-refractivity contribution in [2.75, 3.05) is 6.54 Å². The second kappa shape index (κ2) is 9.34. The van der Waals surface area contributed by atoms with E-state index < -0.39 is 23.8 Å². The van der Waals surface area contributed by atoms with Gasteiger partial charge in [-0.1, -0.05) is 54.9 Å². The maximum absolute atomic E-state index is 13.8. The van der Waals surface area contributed by atoms with Gasteiger partial charge in [0.05, 0.1) is 5.02 Å². The van der Waals surface area contributed by atoms with E-state index in [1.807, 2.05) is 37.3 Å². The molecule has 1 N–H and O–H groups in total. The SMILES string of the molecule is CC[C@H](CNC(=O)[C@@H](C)OC(=O)c1c(F)cccc1Cl)c1ccccc1. The summed E-state index contributed by atoms with van der Waals surface area (Å²) in [5, 5.41) is 2.72. The molecule has 0 fully saturated rings. The fourth-order valence-electron chi connectivity index (χ4n) is 2.56. The largest absolute Gasteiger partial charge is 0.449 e. The number of hydrogen-bond donors (Lipinski definition) is 1. The highest BCUT2D eigenvalue weighted by Crippen LogP contribution is 2.21. The van der Waals surface area contributed by atoms with E-state index in [0.717, 1.165) is 18.1 Å². The number of ether oxygens (including phenoxy) is 1. The first-order valence-corrected chi connectivity index (χ1v) is 8.79. The highest BCUT2D eigenvalue weighted by Gasteiger charge is 2.23. The maximum Gasteiger partial charge on any atom is 0.343 e. The lowest BCUT2D eigenvalue weighted by Crippen LogP contribution is -2.38. The van der Waals surface area contributed by atoms with Crippen LogP contribution in [0.4, 0.5) is 4.39 Å². The van der Waals surface area contributed by atoms with Gasteiger partial charge in [-0.2, -0.15) is 0 Å². The molecule has 138 valence electrons. The number of amides is 1. The van der Waals surface area contributed by atoms with Crippen molar-refractivity contribution in [3.05, 3.63) is 70.5 Å². The van der Waals surface area contributed by atoms with E-state index in [9.17, 15) is 14.0 Å². The number of halogens is 2. The van der Waals surface area contributed by atoms with Crippen molar-refractivity contribution in [1.82, 2.24) is 5.32 Å². The molecule has 0 heterocycles. The molecule has 0 spiro atoms. The Kier molecular flexibility index (Phi) is 7.16. The molecule has 6 heteroatoms. The summed E-state index contributed by atoms with van der Waals surface area (Å²) in [4.78, 5) is 24.3. The number of carbonyl (C=O) groups excluding carboxylic acids is 2. The maximum atomic E-state index is 13.8. The predicted octanol–water partition coefficient (Wildman–Crippen LogP) is 4.33. The number of esters is 1. The van der Waals surface area contributed by atoms with Crippen LogP contribution in [0, 0.1) is 5.82 Å². The first-order valence-electron chi connectivity index (χ1n) is 8.41. The first-order chi connectivity index (χ1) is 12.4. The normalized spacial score (nSPS) is 12.9. The van der Waals surface area contributed by atoms with Crippen molar-refractivity contribution in [1.29, 1.82) is 0 Å². The van der Waals surface area contributed by atoms with Gasteiger partial charge in [0.25, 0.3) is 5.91 Å². The summed E-state index contributed by atoms with van der Waals surface area (Å²) in [7, 11) is 0. The third-order valence-corrected chi connectivity index (χ3v) is 4.42. The number of hydrogen-bond acceptors (Lipinski definition) is 3. The molecule has 0 aliphatic rings. The van der Waals surface area contributed by atoms with Crippen LogP contribution >= 0.6 is 11.6 Å². The Balaban J connectivity index is 1.94. The zero-order valence-corrected chi connectivity index (χ0v) is 15.4. The van der Waals surface area contributed by atoms with E-state index >= 15 is 0 Å². The van der Waals surface area contributed by atoms with Crippen LogP contribution in [0.5, 0.6) is 0 Å². The number of nitrogens with one attached hydrogen (secondary N) is 1. The van der Waals surface area contributed by atoms with Gasteiger partial charge < -0.3 is 10.1 Å². The molecule has 0 unspecified atom stereocenters. The molecular formula is C20H21ClFNO3. The Morgan fingerprint density at radius 1 is 1.15 bits per heavy atom. The molecule has 2 aromatic carbocycles. The quantitative estimate of drug-likeness (QED) is 0.730. The van der Waals surface area contributed by atoms with E-state index in [2.05, 4.69) is 5.32 Å². The molecule has 1 amide bonds. The van der Waals surface area contributed by atoms with Gasteiger partial charge in [-0.3, -0.25) is 4.79 Å². The average molecular weight is 378 g/mol. The van der Waals surface area contributed by atoms with E-state index in [4.69, 9.17) is 16.3 Å². The highest BCUT2D eigenvalue weighted by atomic mass is 35.5. The van der Waals surface area contributed by atoms with E-state index in [0.29, 0.717) is 6.54 Å². The summed E-state index contributed by atoms with van der Waals surface area (Å²) in [5.41, 5.74) is 0.752. The van der Waals surface area contributed by atoms with Gasteiger partial charge in [-0.15, -0.1) is 0 Å². The van der Waals surface area contributed by atoms with Crippen LogP contribution in [-0.2, 0) is 9.53 Å². The third-order valence-electron chi connectivity index (χ3n) is 4.11. The van der Waals surface area contributed by atoms with Crippen LogP contribution in [0.1, 0.15) is 42.1 Å². The molecule has 26 heavy (non-hydrogen) atoms. The van der Waals surface area contributed by atoms with Gasteiger partial charge in [0.2, 0.25) is 0 Å². The lowest BCUT2D eigenvalue weighted by atomic mass is 9.96. The molecular weight excluding hydrogens is 357 g/mol. The van der Waals surface area contributed by atoms with Crippen LogP contribution < -0.4 is 5.32 Å². The van der Waals surface area contributed by atoms with Crippen LogP contribution in [0.3, 0.4) is 0 Å². The Bertz CT molecular complexity index is 747. The predicted molar refractivity (Wildman–Crippen MR) is 98.8 cm³/mol. The van der Waals surface area contributed by atoms with E-state index in [1.54, 1.807) is 0 Å². The van der Waals surface area contributed by atoms with Gasteiger partial charge in [-0.25, -0.2) is 9.18 Å². The molecule has 2 rings (SSSR count). The van der Waals surface area contributed by atoms with Crippen LogP contribution in [0.2, 0.25) is 5.02 Å². The second-order valence-corrected chi connectivity index (χ2v) is 6.31. The zero-order valence-electron chi connectivity index (χ0n) is 14.7. The van der Waals surface area contributed by atoms with Gasteiger partial charge in [0.1, 0.15) is 11.4 Å². The number of benzene rings is 2. The van der Waals surface area contributed by atoms with Gasteiger partial charge in [0, 0.05) is 12.5 Å². The summed E-state index contributed by atoms with van der Waals surface area (Å²) >= 11 is 5.84. The molecule has 0 aliphatic carbocycles. The van der Waals surface area contributed by atoms with Crippen molar-refractivity contribution in [2.24, 2.45) is 0 Å². The second-order valence-electron chi connectivity index (χ2n) is 5.91. The minimum absolute atomic E-state index is 0.0577. The van der Waals surface area contributed by atoms with E-state index in [-0.39, 0.29) is 16.5 Å². The molecule has 0 aromatic heterocycles. The van der Waals surface area contributed by atoms with Gasteiger partial charge in [-0.05, 0) is 31.0 Å². The molecule has 0 saturated heterocycles. The smallest absolute Gasteiger partial charge is 0.343 e. The van der Waals surface area contributed by atoms with Crippen LogP contribution in [0.25, 0.3) is 0 Å². The lowest BCUT2D eigenvalue weighted by molar-refractivity contribution is -0.129. The molecule has 0 saturated carbocycles. The minimum atomic E-state index is -1.06. The Morgan fingerprint density at radius 2 is 1.85 bits per heavy atom. The van der Waals surface area contributed by atoms with Crippen LogP contribution in [-0.4, -0.2) is 24.5 Å². The molecule has 0 bridgehead atoms. The molecule has 0 aliphatic heterocycles. The number of rotatable bonds is 7. The highest BCUT2D eigenvalue weighted by molar-refractivity contribution is 6.33. The topological polar surface area (TPSA) is 55.4 Å².